The second-order valence-electron chi connectivity index (χ2n) is 5.99. The highest BCUT2D eigenvalue weighted by molar-refractivity contribution is 7.92. The topological polar surface area (TPSA) is 136 Å². The zero-order valence-electron chi connectivity index (χ0n) is 14.6. The standard InChI is InChI=1S/C17H17N5O5S/c23-17(11-13-1-3-15(4-2-13)22(24)25)18-8-10-28(26,27)20-14-6-9-21-16(12-14)5-7-19-21/h1-7,9,12,20H,8,10-11H2,(H,18,23). The van der Waals surface area contributed by atoms with E-state index in [1.54, 1.807) is 35.1 Å². The van der Waals surface area contributed by atoms with Gasteiger partial charge in [-0.2, -0.15) is 5.10 Å². The number of nitro groups is 1. The summed E-state index contributed by atoms with van der Waals surface area (Å²) in [5.41, 5.74) is 1.69. The maximum atomic E-state index is 12.2. The maximum absolute atomic E-state index is 12.2. The zero-order valence-corrected chi connectivity index (χ0v) is 15.4. The van der Waals surface area contributed by atoms with Crippen LogP contribution < -0.4 is 10.0 Å². The molecule has 0 atom stereocenters. The minimum absolute atomic E-state index is 0.00332. The number of hydrogen-bond acceptors (Lipinski definition) is 6. The number of hydrogen-bond donors (Lipinski definition) is 2. The summed E-state index contributed by atoms with van der Waals surface area (Å²) in [4.78, 5) is 22.0. The number of nitrogens with one attached hydrogen (secondary N) is 2. The number of non-ortho nitro benzene ring substituents is 1. The number of pyridine rings is 1. The SMILES string of the molecule is O=C(Cc1ccc([N+](=O)[O-])cc1)NCCS(=O)(=O)Nc1ccn2nccc2c1. The van der Waals surface area contributed by atoms with Crippen LogP contribution in [0.1, 0.15) is 5.56 Å². The summed E-state index contributed by atoms with van der Waals surface area (Å²) in [6.45, 7) is -0.0594. The molecule has 0 radical (unpaired) electrons. The minimum atomic E-state index is -3.64. The molecule has 0 unspecified atom stereocenters. The number of benzene rings is 1. The monoisotopic (exact) mass is 403 g/mol. The van der Waals surface area contributed by atoms with Crippen molar-refractivity contribution in [2.75, 3.05) is 17.0 Å². The van der Waals surface area contributed by atoms with Gasteiger partial charge in [-0.25, -0.2) is 12.9 Å². The summed E-state index contributed by atoms with van der Waals surface area (Å²) >= 11 is 0. The van der Waals surface area contributed by atoms with Crippen molar-refractivity contribution in [2.24, 2.45) is 0 Å². The predicted octanol–water partition coefficient (Wildman–Crippen LogP) is 1.34. The minimum Gasteiger partial charge on any atom is -0.355 e. The van der Waals surface area contributed by atoms with Crippen molar-refractivity contribution in [2.45, 2.75) is 6.42 Å². The van der Waals surface area contributed by atoms with Crippen molar-refractivity contribution < 1.29 is 18.1 Å². The Kier molecular flexibility index (Phi) is 5.54. The van der Waals surface area contributed by atoms with Gasteiger partial charge in [0.2, 0.25) is 15.9 Å². The molecule has 0 aliphatic heterocycles. The van der Waals surface area contributed by atoms with Gasteiger partial charge in [-0.05, 0) is 23.8 Å². The lowest BCUT2D eigenvalue weighted by Gasteiger charge is -2.09. The van der Waals surface area contributed by atoms with E-state index in [-0.39, 0.29) is 30.3 Å². The average Bonchev–Trinajstić information content (AvgIpc) is 3.09. The molecule has 0 saturated heterocycles. The van der Waals surface area contributed by atoms with Gasteiger partial charge >= 0.3 is 0 Å². The molecule has 10 nitrogen and oxygen atoms in total. The van der Waals surface area contributed by atoms with Crippen LogP contribution in [0.3, 0.4) is 0 Å². The predicted molar refractivity (Wildman–Crippen MR) is 102 cm³/mol. The van der Waals surface area contributed by atoms with E-state index in [0.29, 0.717) is 11.3 Å². The number of anilines is 1. The summed E-state index contributed by atoms with van der Waals surface area (Å²) in [5, 5.41) is 17.2. The fourth-order valence-corrected chi connectivity index (χ4v) is 3.48. The van der Waals surface area contributed by atoms with Crippen LogP contribution in [0.15, 0.2) is 54.9 Å². The Morgan fingerprint density at radius 3 is 2.64 bits per heavy atom. The van der Waals surface area contributed by atoms with Gasteiger partial charge < -0.3 is 5.32 Å². The van der Waals surface area contributed by atoms with Crippen molar-refractivity contribution in [3.63, 3.8) is 0 Å². The molecule has 1 aromatic carbocycles. The first kappa shape index (κ1) is 19.3. The second kappa shape index (κ2) is 8.05. The lowest BCUT2D eigenvalue weighted by Crippen LogP contribution is -2.32. The number of carbonyl (C=O) groups is 1. The Labute approximate surface area is 160 Å². The van der Waals surface area contributed by atoms with Gasteiger partial charge in [0, 0.05) is 31.1 Å². The van der Waals surface area contributed by atoms with Gasteiger partial charge in [0.05, 0.1) is 28.3 Å². The first-order valence-corrected chi connectivity index (χ1v) is 9.91. The van der Waals surface area contributed by atoms with Crippen LogP contribution in [0, 0.1) is 10.1 Å². The number of sulfonamides is 1. The molecule has 0 spiro atoms. The third kappa shape index (κ3) is 5.04. The first-order chi connectivity index (χ1) is 13.3. The number of aromatic nitrogens is 2. The smallest absolute Gasteiger partial charge is 0.269 e. The largest absolute Gasteiger partial charge is 0.355 e. The van der Waals surface area contributed by atoms with Crippen molar-refractivity contribution in [1.82, 2.24) is 14.9 Å². The van der Waals surface area contributed by atoms with E-state index in [1.807, 2.05) is 0 Å². The highest BCUT2D eigenvalue weighted by atomic mass is 32.2. The summed E-state index contributed by atoms with van der Waals surface area (Å²) < 4.78 is 28.4. The number of fused-ring (bicyclic) bond motifs is 1. The molecule has 28 heavy (non-hydrogen) atoms. The Balaban J connectivity index is 1.48. The molecule has 2 N–H and O–H groups in total. The van der Waals surface area contributed by atoms with Crippen molar-refractivity contribution in [3.8, 4) is 0 Å². The van der Waals surface area contributed by atoms with Gasteiger partial charge in [-0.1, -0.05) is 12.1 Å². The Bertz CT molecular complexity index is 1110. The quantitative estimate of drug-likeness (QED) is 0.430. The van der Waals surface area contributed by atoms with Gasteiger partial charge in [-0.3, -0.25) is 19.6 Å². The Morgan fingerprint density at radius 1 is 1.18 bits per heavy atom. The van der Waals surface area contributed by atoms with E-state index in [2.05, 4.69) is 15.1 Å². The van der Waals surface area contributed by atoms with Gasteiger partial charge in [-0.15, -0.1) is 0 Å². The number of carbonyl (C=O) groups excluding carboxylic acids is 1. The lowest BCUT2D eigenvalue weighted by atomic mass is 10.1. The average molecular weight is 403 g/mol. The summed E-state index contributed by atoms with van der Waals surface area (Å²) in [5.74, 6) is -0.659. The second-order valence-corrected chi connectivity index (χ2v) is 7.83. The molecule has 0 aliphatic carbocycles. The Hall–Kier alpha value is -3.47. The highest BCUT2D eigenvalue weighted by Crippen LogP contribution is 2.13. The molecule has 0 bridgehead atoms. The van der Waals surface area contributed by atoms with Gasteiger partial charge in [0.15, 0.2) is 0 Å². The van der Waals surface area contributed by atoms with Gasteiger partial charge in [0.1, 0.15) is 0 Å². The first-order valence-electron chi connectivity index (χ1n) is 8.26. The molecule has 0 aliphatic rings. The number of rotatable bonds is 8. The van der Waals surface area contributed by atoms with E-state index in [0.717, 1.165) is 5.52 Å². The van der Waals surface area contributed by atoms with Crippen molar-refractivity contribution >= 4 is 32.8 Å². The van der Waals surface area contributed by atoms with E-state index < -0.39 is 14.9 Å². The van der Waals surface area contributed by atoms with Crippen LogP contribution in [0.2, 0.25) is 0 Å². The maximum Gasteiger partial charge on any atom is 0.269 e. The van der Waals surface area contributed by atoms with Gasteiger partial charge in [0.25, 0.3) is 5.69 Å². The van der Waals surface area contributed by atoms with Crippen molar-refractivity contribution in [3.05, 3.63) is 70.5 Å². The molecule has 1 amide bonds. The van der Waals surface area contributed by atoms with E-state index >= 15 is 0 Å². The molecule has 2 aromatic heterocycles. The zero-order chi connectivity index (χ0) is 20.1. The van der Waals surface area contributed by atoms with Crippen LogP contribution in [-0.2, 0) is 21.2 Å². The normalized spacial score (nSPS) is 11.3. The number of nitrogens with zero attached hydrogens (tertiary/aromatic N) is 3. The van der Waals surface area contributed by atoms with E-state index in [1.165, 1.54) is 24.3 Å². The lowest BCUT2D eigenvalue weighted by molar-refractivity contribution is -0.384. The van der Waals surface area contributed by atoms with Crippen LogP contribution in [0.25, 0.3) is 5.52 Å². The molecule has 2 heterocycles. The fraction of sp³-hybridized carbons (Fsp3) is 0.176. The molecular weight excluding hydrogens is 386 g/mol. The number of amides is 1. The van der Waals surface area contributed by atoms with Crippen LogP contribution in [0.4, 0.5) is 11.4 Å². The van der Waals surface area contributed by atoms with Crippen molar-refractivity contribution in [1.29, 1.82) is 0 Å². The third-order valence-electron chi connectivity index (χ3n) is 3.88. The van der Waals surface area contributed by atoms with Crippen LogP contribution in [0.5, 0.6) is 0 Å². The number of nitro benzene ring substituents is 1. The molecule has 0 saturated carbocycles. The molecular formula is C17H17N5O5S. The highest BCUT2D eigenvalue weighted by Gasteiger charge is 2.12. The van der Waals surface area contributed by atoms with E-state index in [4.69, 9.17) is 0 Å². The van der Waals surface area contributed by atoms with Crippen LogP contribution in [-0.4, -0.2) is 41.2 Å². The van der Waals surface area contributed by atoms with E-state index in [9.17, 15) is 23.3 Å². The molecule has 146 valence electrons. The fourth-order valence-electron chi connectivity index (χ4n) is 2.52. The van der Waals surface area contributed by atoms with Crippen LogP contribution >= 0.6 is 0 Å². The third-order valence-corrected chi connectivity index (χ3v) is 5.17. The molecule has 11 heteroatoms. The molecule has 3 aromatic rings. The summed E-state index contributed by atoms with van der Waals surface area (Å²) in [6.07, 6.45) is 3.25. The summed E-state index contributed by atoms with van der Waals surface area (Å²) in [7, 11) is -3.64. The summed E-state index contributed by atoms with van der Waals surface area (Å²) in [6, 6.07) is 10.6. The Morgan fingerprint density at radius 2 is 1.93 bits per heavy atom. The molecule has 3 rings (SSSR count). The molecule has 0 fully saturated rings.